The number of aromatic nitrogens is 5. The number of aryl methyl sites for hydroxylation is 2. The number of benzene rings is 1. The molecule has 0 spiro atoms. The number of rotatable bonds is 8. The van der Waals surface area contributed by atoms with E-state index in [-0.39, 0.29) is 12.0 Å². The Labute approximate surface area is 236 Å². The van der Waals surface area contributed by atoms with Crippen LogP contribution in [0.25, 0.3) is 5.82 Å². The van der Waals surface area contributed by atoms with Crippen LogP contribution < -0.4 is 5.32 Å². The zero-order valence-corrected chi connectivity index (χ0v) is 23.1. The van der Waals surface area contributed by atoms with Crippen molar-refractivity contribution >= 4 is 17.3 Å². The van der Waals surface area contributed by atoms with Gasteiger partial charge < -0.3 is 10.2 Å². The molecule has 9 nitrogen and oxygen atoms in total. The molecule has 1 fully saturated rings. The summed E-state index contributed by atoms with van der Waals surface area (Å²) in [5.74, 6) is 0.835. The second-order valence-electron chi connectivity index (χ2n) is 10.3. The maximum absolute atomic E-state index is 13.1. The van der Waals surface area contributed by atoms with Crippen molar-refractivity contribution in [1.29, 1.82) is 0 Å². The molecule has 0 saturated carbocycles. The Bertz CT molecular complexity index is 1540. The Hall–Kier alpha value is -4.16. The fourth-order valence-electron chi connectivity index (χ4n) is 4.68. The molecular weight excluding hydrogens is 533 g/mol. The van der Waals surface area contributed by atoms with Gasteiger partial charge in [-0.25, -0.2) is 9.97 Å². The van der Waals surface area contributed by atoms with E-state index < -0.39 is 17.5 Å². The Morgan fingerprint density at radius 3 is 2.54 bits per heavy atom. The number of pyridine rings is 1. The van der Waals surface area contributed by atoms with Crippen LogP contribution in [0.4, 0.5) is 24.7 Å². The van der Waals surface area contributed by atoms with Gasteiger partial charge in [-0.15, -0.1) is 0 Å². The van der Waals surface area contributed by atoms with E-state index in [0.29, 0.717) is 28.6 Å². The Morgan fingerprint density at radius 2 is 1.78 bits per heavy atom. The summed E-state index contributed by atoms with van der Waals surface area (Å²) in [6.45, 7) is 8.41. The molecule has 0 atom stereocenters. The largest absolute Gasteiger partial charge is 0.416 e. The highest BCUT2D eigenvalue weighted by Crippen LogP contribution is 2.30. The summed E-state index contributed by atoms with van der Waals surface area (Å²) < 4.78 is 41.0. The van der Waals surface area contributed by atoms with Crippen molar-refractivity contribution in [3.05, 3.63) is 88.8 Å². The van der Waals surface area contributed by atoms with Gasteiger partial charge in [0.05, 0.1) is 28.3 Å². The van der Waals surface area contributed by atoms with Crippen molar-refractivity contribution in [3.63, 3.8) is 0 Å². The third kappa shape index (κ3) is 6.95. The van der Waals surface area contributed by atoms with E-state index in [4.69, 9.17) is 0 Å². The second kappa shape index (κ2) is 11.8. The molecule has 4 heterocycles. The fourth-order valence-corrected chi connectivity index (χ4v) is 4.68. The molecule has 1 aliphatic heterocycles. The van der Waals surface area contributed by atoms with Crippen LogP contribution >= 0.6 is 0 Å². The van der Waals surface area contributed by atoms with Crippen LogP contribution in [-0.4, -0.2) is 73.5 Å². The molecule has 0 aliphatic carbocycles. The van der Waals surface area contributed by atoms with Crippen molar-refractivity contribution in [1.82, 2.24) is 34.5 Å². The molecular formula is C29H31F3N8O. The van der Waals surface area contributed by atoms with Gasteiger partial charge in [-0.1, -0.05) is 12.1 Å². The highest BCUT2D eigenvalue weighted by atomic mass is 19.4. The van der Waals surface area contributed by atoms with E-state index in [1.54, 1.807) is 16.9 Å². The van der Waals surface area contributed by atoms with E-state index in [1.807, 2.05) is 26.0 Å². The number of nitrogens with one attached hydrogen (secondary N) is 1. The number of hydrogen-bond acceptors (Lipinski definition) is 8. The number of hydrogen-bond donors (Lipinski definition) is 1. The molecule has 0 amide bonds. The van der Waals surface area contributed by atoms with Gasteiger partial charge in [0, 0.05) is 63.0 Å². The summed E-state index contributed by atoms with van der Waals surface area (Å²) in [5, 5.41) is 7.97. The SMILES string of the molecule is Cc1cc(Nc2cc(CC(=O)c3cccc(C(F)(F)F)c3)cnc2C)n(-c2cc(CN3CCN(C)CC3)ncn2)n1. The molecule has 1 aliphatic rings. The molecule has 0 radical (unpaired) electrons. The van der Waals surface area contributed by atoms with E-state index in [2.05, 4.69) is 42.2 Å². The Morgan fingerprint density at radius 1 is 1.00 bits per heavy atom. The minimum Gasteiger partial charge on any atom is -0.339 e. The lowest BCUT2D eigenvalue weighted by atomic mass is 10.0. The van der Waals surface area contributed by atoms with Crippen molar-refractivity contribution in [3.8, 4) is 5.82 Å². The minimum atomic E-state index is -4.52. The molecule has 214 valence electrons. The summed E-state index contributed by atoms with van der Waals surface area (Å²) in [6.07, 6.45) is -1.52. The summed E-state index contributed by atoms with van der Waals surface area (Å²) in [7, 11) is 2.12. The van der Waals surface area contributed by atoms with Crippen LogP contribution in [0.2, 0.25) is 0 Å². The first-order valence-electron chi connectivity index (χ1n) is 13.3. The summed E-state index contributed by atoms with van der Waals surface area (Å²) in [5.41, 5.74) is 2.71. The number of carbonyl (C=O) groups excluding carboxylic acids is 1. The van der Waals surface area contributed by atoms with Gasteiger partial charge in [0.1, 0.15) is 12.1 Å². The first-order valence-corrected chi connectivity index (χ1v) is 13.3. The third-order valence-corrected chi connectivity index (χ3v) is 7.02. The van der Waals surface area contributed by atoms with Gasteiger partial charge >= 0.3 is 6.18 Å². The number of halogens is 3. The molecule has 41 heavy (non-hydrogen) atoms. The van der Waals surface area contributed by atoms with Gasteiger partial charge in [0.15, 0.2) is 11.6 Å². The molecule has 3 aromatic heterocycles. The maximum Gasteiger partial charge on any atom is 0.416 e. The number of ketones is 1. The molecule has 12 heteroatoms. The van der Waals surface area contributed by atoms with E-state index >= 15 is 0 Å². The average Bonchev–Trinajstić information content (AvgIpc) is 3.31. The number of anilines is 2. The lowest BCUT2D eigenvalue weighted by molar-refractivity contribution is -0.137. The molecule has 0 bridgehead atoms. The lowest BCUT2D eigenvalue weighted by Crippen LogP contribution is -2.44. The van der Waals surface area contributed by atoms with Gasteiger partial charge in [-0.3, -0.25) is 14.7 Å². The van der Waals surface area contributed by atoms with Crippen molar-refractivity contribution in [2.45, 2.75) is 33.0 Å². The molecule has 4 aromatic rings. The average molecular weight is 565 g/mol. The standard InChI is InChI=1S/C29H31F3N8O/c1-19-11-28(40(37-19)27-15-24(34-18-35-27)17-39-9-7-38(3)8-10-39)36-25-12-21(16-33-20(25)2)13-26(41)22-5-4-6-23(14-22)29(30,31)32/h4-6,11-12,14-16,18,36H,7-10,13,17H2,1-3H3. The number of Topliss-reactive ketones (excluding diaryl/α,β-unsaturated/α-hetero) is 1. The number of piperazine rings is 1. The van der Waals surface area contributed by atoms with Crippen molar-refractivity contribution < 1.29 is 18.0 Å². The minimum absolute atomic E-state index is 0.000232. The Balaban J connectivity index is 1.34. The number of likely N-dealkylation sites (N-methyl/N-ethyl adjacent to an activating group) is 1. The highest BCUT2D eigenvalue weighted by Gasteiger charge is 2.31. The zero-order valence-electron chi connectivity index (χ0n) is 23.1. The van der Waals surface area contributed by atoms with Crippen LogP contribution in [0.15, 0.2) is 55.0 Å². The van der Waals surface area contributed by atoms with Gasteiger partial charge in [-0.05, 0) is 44.7 Å². The zero-order chi connectivity index (χ0) is 29.1. The van der Waals surface area contributed by atoms with Crippen LogP contribution in [0, 0.1) is 13.8 Å². The monoisotopic (exact) mass is 564 g/mol. The van der Waals surface area contributed by atoms with Crippen LogP contribution in [0.1, 0.15) is 38.6 Å². The quantitative estimate of drug-likeness (QED) is 0.311. The van der Waals surface area contributed by atoms with Crippen LogP contribution in [0.5, 0.6) is 0 Å². The number of nitrogens with zero attached hydrogens (tertiary/aromatic N) is 7. The molecule has 5 rings (SSSR count). The molecule has 1 saturated heterocycles. The van der Waals surface area contributed by atoms with Crippen LogP contribution in [-0.2, 0) is 19.1 Å². The fraction of sp³-hybridized carbons (Fsp3) is 0.345. The van der Waals surface area contributed by atoms with Gasteiger partial charge in [-0.2, -0.15) is 23.0 Å². The normalized spacial score (nSPS) is 14.8. The predicted molar refractivity (Wildman–Crippen MR) is 148 cm³/mol. The molecule has 1 aromatic carbocycles. The molecule has 0 unspecified atom stereocenters. The number of alkyl halides is 3. The first kappa shape index (κ1) is 28.4. The second-order valence-corrected chi connectivity index (χ2v) is 10.3. The number of carbonyl (C=O) groups is 1. The van der Waals surface area contributed by atoms with E-state index in [1.165, 1.54) is 18.5 Å². The van der Waals surface area contributed by atoms with E-state index in [9.17, 15) is 18.0 Å². The summed E-state index contributed by atoms with van der Waals surface area (Å²) in [4.78, 5) is 30.8. The van der Waals surface area contributed by atoms with Gasteiger partial charge in [0.2, 0.25) is 0 Å². The predicted octanol–water partition coefficient (Wildman–Crippen LogP) is 4.61. The summed E-state index contributed by atoms with van der Waals surface area (Å²) >= 11 is 0. The van der Waals surface area contributed by atoms with E-state index in [0.717, 1.165) is 56.2 Å². The third-order valence-electron chi connectivity index (χ3n) is 7.02. The smallest absolute Gasteiger partial charge is 0.339 e. The lowest BCUT2D eigenvalue weighted by Gasteiger charge is -2.32. The first-order chi connectivity index (χ1) is 19.5. The Kier molecular flexibility index (Phi) is 8.13. The van der Waals surface area contributed by atoms with Crippen LogP contribution in [0.3, 0.4) is 0 Å². The van der Waals surface area contributed by atoms with Gasteiger partial charge in [0.25, 0.3) is 0 Å². The topological polar surface area (TPSA) is 92.1 Å². The van der Waals surface area contributed by atoms with Crippen molar-refractivity contribution in [2.24, 2.45) is 0 Å². The van der Waals surface area contributed by atoms with Crippen molar-refractivity contribution in [2.75, 3.05) is 38.5 Å². The maximum atomic E-state index is 13.1. The highest BCUT2D eigenvalue weighted by molar-refractivity contribution is 5.97. The summed E-state index contributed by atoms with van der Waals surface area (Å²) in [6, 6.07) is 10.0. The molecule has 1 N–H and O–H groups in total.